The molecule has 0 aromatic rings. The van der Waals surface area contributed by atoms with E-state index in [1.165, 1.54) is 0 Å². The molecule has 1 saturated heterocycles. The van der Waals surface area contributed by atoms with Crippen LogP contribution in [0.1, 0.15) is 39.0 Å². The summed E-state index contributed by atoms with van der Waals surface area (Å²) >= 11 is 0. The Hall–Kier alpha value is -1.63. The molecule has 4 N–H and O–H groups in total. The van der Waals surface area contributed by atoms with Crippen molar-refractivity contribution in [1.82, 2.24) is 10.2 Å². The molecule has 0 aromatic heterocycles. The smallest absolute Gasteiger partial charge is 0.305 e. The molecule has 0 aliphatic carbocycles. The Morgan fingerprint density at radius 1 is 1.33 bits per heavy atom. The fourth-order valence-electron chi connectivity index (χ4n) is 2.40. The second-order valence-electron chi connectivity index (χ2n) is 5.45. The maximum absolute atomic E-state index is 12.0. The lowest BCUT2D eigenvalue weighted by molar-refractivity contribution is -0.142. The van der Waals surface area contributed by atoms with Crippen molar-refractivity contribution < 1.29 is 19.5 Å². The number of amides is 2. The van der Waals surface area contributed by atoms with Crippen LogP contribution in [0.3, 0.4) is 0 Å². The van der Waals surface area contributed by atoms with Gasteiger partial charge in [0.05, 0.1) is 12.5 Å². The molecule has 1 unspecified atom stereocenters. The number of rotatable bonds is 7. The van der Waals surface area contributed by atoms with E-state index >= 15 is 0 Å². The van der Waals surface area contributed by atoms with E-state index in [-0.39, 0.29) is 24.2 Å². The summed E-state index contributed by atoms with van der Waals surface area (Å²) in [5.74, 6) is -1.45. The van der Waals surface area contributed by atoms with Crippen molar-refractivity contribution in [2.75, 3.05) is 19.6 Å². The molecule has 7 heteroatoms. The first-order valence-corrected chi connectivity index (χ1v) is 7.49. The van der Waals surface area contributed by atoms with Crippen LogP contribution in [0.2, 0.25) is 0 Å². The predicted octanol–water partition coefficient (Wildman–Crippen LogP) is -0.0567. The Morgan fingerprint density at radius 2 is 1.95 bits per heavy atom. The predicted molar refractivity (Wildman–Crippen MR) is 77.4 cm³/mol. The van der Waals surface area contributed by atoms with E-state index in [0.29, 0.717) is 32.5 Å². The Balaban J connectivity index is 2.36. The molecule has 0 saturated carbocycles. The lowest BCUT2D eigenvalue weighted by atomic mass is 9.95. The number of nitrogens with two attached hydrogens (primary N) is 1. The molecule has 0 bridgehead atoms. The Labute approximate surface area is 124 Å². The first kappa shape index (κ1) is 17.4. The van der Waals surface area contributed by atoms with Gasteiger partial charge < -0.3 is 21.1 Å². The van der Waals surface area contributed by atoms with Crippen molar-refractivity contribution in [2.45, 2.75) is 45.1 Å². The number of carboxylic acid groups (broad SMARTS) is 1. The van der Waals surface area contributed by atoms with Gasteiger partial charge in [0.25, 0.3) is 0 Å². The zero-order valence-electron chi connectivity index (χ0n) is 12.5. The molecule has 1 aliphatic heterocycles. The maximum Gasteiger partial charge on any atom is 0.305 e. The van der Waals surface area contributed by atoms with Crippen LogP contribution in [0.15, 0.2) is 0 Å². The number of unbranched alkanes of at least 4 members (excludes halogenated alkanes) is 1. The minimum atomic E-state index is -1.08. The van der Waals surface area contributed by atoms with Crippen LogP contribution in [0.5, 0.6) is 0 Å². The first-order valence-electron chi connectivity index (χ1n) is 7.49. The monoisotopic (exact) mass is 299 g/mol. The van der Waals surface area contributed by atoms with Gasteiger partial charge in [0.1, 0.15) is 0 Å². The lowest BCUT2D eigenvalue weighted by Crippen LogP contribution is -2.49. The average molecular weight is 299 g/mol. The van der Waals surface area contributed by atoms with Crippen molar-refractivity contribution in [3.05, 3.63) is 0 Å². The number of nitrogens with one attached hydrogen (secondary N) is 1. The van der Waals surface area contributed by atoms with Gasteiger partial charge in [-0.05, 0) is 19.3 Å². The third-order valence-corrected chi connectivity index (χ3v) is 3.72. The summed E-state index contributed by atoms with van der Waals surface area (Å²) in [6.07, 6.45) is 2.84. The molecule has 21 heavy (non-hydrogen) atoms. The molecule has 1 rings (SSSR count). The molecule has 120 valence electrons. The van der Waals surface area contributed by atoms with Crippen molar-refractivity contribution in [3.8, 4) is 0 Å². The van der Waals surface area contributed by atoms with Crippen LogP contribution in [0.4, 0.5) is 0 Å². The Kier molecular flexibility index (Phi) is 7.14. The van der Waals surface area contributed by atoms with Gasteiger partial charge in [-0.15, -0.1) is 0 Å². The molecular weight excluding hydrogens is 274 g/mol. The summed E-state index contributed by atoms with van der Waals surface area (Å²) in [5.41, 5.74) is 5.57. The number of hydrogen-bond acceptors (Lipinski definition) is 4. The number of aliphatic carboxylic acids is 1. The number of carboxylic acids is 1. The number of carbonyl (C=O) groups is 3. The molecule has 0 aromatic carbocycles. The van der Waals surface area contributed by atoms with Gasteiger partial charge in [0, 0.05) is 25.6 Å². The molecular formula is C14H25N3O4. The molecule has 7 nitrogen and oxygen atoms in total. The first-order chi connectivity index (χ1) is 9.95. The van der Waals surface area contributed by atoms with Gasteiger partial charge >= 0.3 is 5.97 Å². The van der Waals surface area contributed by atoms with Crippen molar-refractivity contribution in [2.24, 2.45) is 11.7 Å². The zero-order valence-corrected chi connectivity index (χ0v) is 12.5. The fraction of sp³-hybridized carbons (Fsp3) is 0.786. The Bertz CT molecular complexity index is 378. The van der Waals surface area contributed by atoms with Crippen LogP contribution < -0.4 is 11.1 Å². The minimum absolute atomic E-state index is 0.0467. The summed E-state index contributed by atoms with van der Waals surface area (Å²) < 4.78 is 0. The molecule has 1 heterocycles. The van der Waals surface area contributed by atoms with E-state index in [2.05, 4.69) is 12.2 Å². The van der Waals surface area contributed by atoms with Gasteiger partial charge in [-0.1, -0.05) is 13.3 Å². The average Bonchev–Trinajstić information content (AvgIpc) is 2.46. The summed E-state index contributed by atoms with van der Waals surface area (Å²) in [6.45, 7) is 3.67. The van der Waals surface area contributed by atoms with Crippen LogP contribution in [0.25, 0.3) is 0 Å². The van der Waals surface area contributed by atoms with Gasteiger partial charge in [0.15, 0.2) is 0 Å². The van der Waals surface area contributed by atoms with Gasteiger partial charge in [-0.25, -0.2) is 0 Å². The van der Waals surface area contributed by atoms with E-state index in [1.54, 1.807) is 4.90 Å². The number of piperidine rings is 1. The van der Waals surface area contributed by atoms with Crippen LogP contribution in [-0.4, -0.2) is 53.5 Å². The second-order valence-corrected chi connectivity index (χ2v) is 5.45. The van der Waals surface area contributed by atoms with Gasteiger partial charge in [0.2, 0.25) is 11.8 Å². The highest BCUT2D eigenvalue weighted by Gasteiger charge is 2.30. The highest BCUT2D eigenvalue weighted by molar-refractivity contribution is 5.86. The van der Waals surface area contributed by atoms with E-state index in [0.717, 1.165) is 12.8 Å². The van der Waals surface area contributed by atoms with Crippen molar-refractivity contribution >= 4 is 17.8 Å². The molecule has 0 spiro atoms. The molecule has 1 atom stereocenters. The largest absolute Gasteiger partial charge is 0.481 e. The third kappa shape index (κ3) is 5.71. The third-order valence-electron chi connectivity index (χ3n) is 3.72. The van der Waals surface area contributed by atoms with Gasteiger partial charge in [-0.2, -0.15) is 0 Å². The second kappa shape index (κ2) is 8.61. The Morgan fingerprint density at radius 3 is 2.48 bits per heavy atom. The number of hydrogen-bond donors (Lipinski definition) is 3. The molecule has 1 fully saturated rings. The standard InChI is InChI=1S/C14H25N3O4/c1-2-3-6-16-13(20)10-4-7-17(8-5-10)14(21)11(15)9-12(18)19/h10-11H,2-9,15H2,1H3,(H,16,20)(H,18,19). The minimum Gasteiger partial charge on any atom is -0.481 e. The normalized spacial score (nSPS) is 17.3. The zero-order chi connectivity index (χ0) is 15.8. The highest BCUT2D eigenvalue weighted by atomic mass is 16.4. The van der Waals surface area contributed by atoms with Gasteiger partial charge in [-0.3, -0.25) is 14.4 Å². The topological polar surface area (TPSA) is 113 Å². The SMILES string of the molecule is CCCCNC(=O)C1CCN(C(=O)C(N)CC(=O)O)CC1. The van der Waals surface area contributed by atoms with E-state index in [4.69, 9.17) is 10.8 Å². The summed E-state index contributed by atoms with van der Waals surface area (Å²) in [7, 11) is 0. The summed E-state index contributed by atoms with van der Waals surface area (Å²) in [6, 6.07) is -1.00. The lowest BCUT2D eigenvalue weighted by Gasteiger charge is -2.32. The summed E-state index contributed by atoms with van der Waals surface area (Å²) in [4.78, 5) is 36.0. The van der Waals surface area contributed by atoms with Crippen molar-refractivity contribution in [1.29, 1.82) is 0 Å². The molecule has 2 amide bonds. The van der Waals surface area contributed by atoms with E-state index in [9.17, 15) is 14.4 Å². The van der Waals surface area contributed by atoms with Crippen LogP contribution >= 0.6 is 0 Å². The van der Waals surface area contributed by atoms with Crippen LogP contribution in [0, 0.1) is 5.92 Å². The number of likely N-dealkylation sites (tertiary alicyclic amines) is 1. The van der Waals surface area contributed by atoms with E-state index < -0.39 is 12.0 Å². The number of carbonyl (C=O) groups excluding carboxylic acids is 2. The quantitative estimate of drug-likeness (QED) is 0.570. The molecule has 0 radical (unpaired) electrons. The molecule has 1 aliphatic rings. The maximum atomic E-state index is 12.0. The number of nitrogens with zero attached hydrogens (tertiary/aromatic N) is 1. The fourth-order valence-corrected chi connectivity index (χ4v) is 2.40. The summed E-state index contributed by atoms with van der Waals surface area (Å²) in [5, 5.41) is 11.5. The van der Waals surface area contributed by atoms with Crippen LogP contribution in [-0.2, 0) is 14.4 Å². The highest BCUT2D eigenvalue weighted by Crippen LogP contribution is 2.18. The van der Waals surface area contributed by atoms with Crippen molar-refractivity contribution in [3.63, 3.8) is 0 Å². The van der Waals surface area contributed by atoms with E-state index in [1.807, 2.05) is 0 Å².